The van der Waals surface area contributed by atoms with Crippen molar-refractivity contribution in [2.24, 2.45) is 0 Å². The van der Waals surface area contributed by atoms with Gasteiger partial charge in [0.2, 0.25) is 0 Å². The average Bonchev–Trinajstić information content (AvgIpc) is 2.62. The number of piperidine rings is 1. The van der Waals surface area contributed by atoms with Crippen molar-refractivity contribution in [3.8, 4) is 0 Å². The van der Waals surface area contributed by atoms with E-state index in [9.17, 15) is 0 Å². The summed E-state index contributed by atoms with van der Waals surface area (Å²) in [6.45, 7) is 9.34. The van der Waals surface area contributed by atoms with Crippen LogP contribution in [0.5, 0.6) is 0 Å². The van der Waals surface area contributed by atoms with Gasteiger partial charge in [0.05, 0.1) is 5.52 Å². The zero-order chi connectivity index (χ0) is 16.5. The van der Waals surface area contributed by atoms with Gasteiger partial charge < -0.3 is 9.80 Å². The van der Waals surface area contributed by atoms with Gasteiger partial charge >= 0.3 is 0 Å². The van der Waals surface area contributed by atoms with Crippen molar-refractivity contribution in [1.82, 2.24) is 14.8 Å². The number of pyridine rings is 1. The second-order valence-corrected chi connectivity index (χ2v) is 7.37. The molecule has 2 fully saturated rings. The number of aryl methyl sites for hydroxylation is 1. The number of para-hydroxylation sites is 1. The SMILES string of the molecule is Cc1cc(N2CCC(N3CCN(C)CC3)CC2)nc2ccccc12. The molecule has 1 aromatic carbocycles. The van der Waals surface area contributed by atoms with Gasteiger partial charge in [-0.3, -0.25) is 4.90 Å². The van der Waals surface area contributed by atoms with Crippen molar-refractivity contribution in [2.75, 3.05) is 51.2 Å². The Hall–Kier alpha value is -1.65. The lowest BCUT2D eigenvalue weighted by Gasteiger charge is -2.42. The zero-order valence-corrected chi connectivity index (χ0v) is 14.9. The number of rotatable bonds is 2. The number of hydrogen-bond acceptors (Lipinski definition) is 4. The van der Waals surface area contributed by atoms with Gasteiger partial charge in [-0.1, -0.05) is 18.2 Å². The summed E-state index contributed by atoms with van der Waals surface area (Å²) in [5, 5.41) is 1.27. The number of likely N-dealkylation sites (N-methyl/N-ethyl adjacent to an activating group) is 1. The molecule has 4 heteroatoms. The monoisotopic (exact) mass is 324 g/mol. The minimum atomic E-state index is 0.761. The van der Waals surface area contributed by atoms with Crippen molar-refractivity contribution in [3.05, 3.63) is 35.9 Å². The van der Waals surface area contributed by atoms with Crippen LogP contribution in [0.15, 0.2) is 30.3 Å². The first-order valence-corrected chi connectivity index (χ1v) is 9.24. The normalized spacial score (nSPS) is 21.5. The van der Waals surface area contributed by atoms with E-state index in [-0.39, 0.29) is 0 Å². The van der Waals surface area contributed by atoms with Crippen molar-refractivity contribution >= 4 is 16.7 Å². The summed E-state index contributed by atoms with van der Waals surface area (Å²) in [5.41, 5.74) is 2.45. The highest BCUT2D eigenvalue weighted by atomic mass is 15.3. The first-order valence-electron chi connectivity index (χ1n) is 9.24. The van der Waals surface area contributed by atoms with Crippen LogP contribution in [0.4, 0.5) is 5.82 Å². The van der Waals surface area contributed by atoms with E-state index in [2.05, 4.69) is 59.0 Å². The van der Waals surface area contributed by atoms with Gasteiger partial charge in [-0.15, -0.1) is 0 Å². The third-order valence-corrected chi connectivity index (χ3v) is 5.75. The summed E-state index contributed by atoms with van der Waals surface area (Å²) in [4.78, 5) is 12.5. The molecule has 2 aliphatic heterocycles. The number of nitrogens with zero attached hydrogens (tertiary/aromatic N) is 4. The van der Waals surface area contributed by atoms with Gasteiger partial charge in [0.1, 0.15) is 5.82 Å². The second-order valence-electron chi connectivity index (χ2n) is 7.37. The maximum absolute atomic E-state index is 4.91. The van der Waals surface area contributed by atoms with Crippen LogP contribution in [0.3, 0.4) is 0 Å². The Morgan fingerprint density at radius 3 is 2.42 bits per heavy atom. The number of fused-ring (bicyclic) bond motifs is 1. The van der Waals surface area contributed by atoms with Crippen LogP contribution in [-0.4, -0.2) is 67.1 Å². The van der Waals surface area contributed by atoms with Crippen LogP contribution in [0.1, 0.15) is 18.4 Å². The maximum Gasteiger partial charge on any atom is 0.129 e. The molecule has 1 aromatic heterocycles. The Kier molecular flexibility index (Phi) is 4.42. The predicted octanol–water partition coefficient (Wildman–Crippen LogP) is 2.76. The number of benzene rings is 1. The topological polar surface area (TPSA) is 22.6 Å². The summed E-state index contributed by atoms with van der Waals surface area (Å²) in [5.74, 6) is 1.16. The zero-order valence-electron chi connectivity index (χ0n) is 14.9. The molecular weight excluding hydrogens is 296 g/mol. The van der Waals surface area contributed by atoms with E-state index >= 15 is 0 Å². The fourth-order valence-electron chi connectivity index (χ4n) is 4.14. The van der Waals surface area contributed by atoms with Crippen molar-refractivity contribution < 1.29 is 0 Å². The second kappa shape index (κ2) is 6.69. The number of anilines is 1. The summed E-state index contributed by atoms with van der Waals surface area (Å²) in [6.07, 6.45) is 2.52. The van der Waals surface area contributed by atoms with E-state index in [1.807, 2.05) is 0 Å². The van der Waals surface area contributed by atoms with Crippen LogP contribution in [-0.2, 0) is 0 Å². The van der Waals surface area contributed by atoms with Crippen LogP contribution >= 0.6 is 0 Å². The van der Waals surface area contributed by atoms with E-state index in [1.54, 1.807) is 0 Å². The Morgan fingerprint density at radius 1 is 0.958 bits per heavy atom. The standard InChI is InChI=1S/C20H28N4/c1-16-15-20(21-19-6-4-3-5-18(16)19)24-9-7-17(8-10-24)23-13-11-22(2)12-14-23/h3-6,15,17H,7-14H2,1-2H3. The molecule has 0 bridgehead atoms. The Labute approximate surface area is 145 Å². The summed E-state index contributed by atoms with van der Waals surface area (Å²) >= 11 is 0. The van der Waals surface area contributed by atoms with E-state index < -0.39 is 0 Å². The van der Waals surface area contributed by atoms with Gasteiger partial charge in [0.15, 0.2) is 0 Å². The molecule has 128 valence electrons. The number of aromatic nitrogens is 1. The molecule has 0 atom stereocenters. The van der Waals surface area contributed by atoms with E-state index in [0.29, 0.717) is 0 Å². The molecule has 0 radical (unpaired) electrons. The first kappa shape index (κ1) is 15.9. The van der Waals surface area contributed by atoms with Gasteiger partial charge in [0, 0.05) is 50.7 Å². The van der Waals surface area contributed by atoms with Crippen molar-refractivity contribution in [1.29, 1.82) is 0 Å². The van der Waals surface area contributed by atoms with Crippen LogP contribution in [0.2, 0.25) is 0 Å². The molecule has 0 spiro atoms. The molecule has 4 nitrogen and oxygen atoms in total. The smallest absolute Gasteiger partial charge is 0.129 e. The minimum absolute atomic E-state index is 0.761. The fourth-order valence-corrected chi connectivity index (χ4v) is 4.14. The fraction of sp³-hybridized carbons (Fsp3) is 0.550. The molecule has 0 amide bonds. The third-order valence-electron chi connectivity index (χ3n) is 5.75. The van der Waals surface area contributed by atoms with Crippen LogP contribution < -0.4 is 4.90 Å². The predicted molar refractivity (Wildman–Crippen MR) is 101 cm³/mol. The Morgan fingerprint density at radius 2 is 1.67 bits per heavy atom. The molecule has 24 heavy (non-hydrogen) atoms. The van der Waals surface area contributed by atoms with E-state index in [1.165, 1.54) is 50.0 Å². The van der Waals surface area contributed by atoms with Crippen molar-refractivity contribution in [2.45, 2.75) is 25.8 Å². The Bertz CT molecular complexity index is 698. The molecule has 2 aromatic rings. The lowest BCUT2D eigenvalue weighted by Crippen LogP contribution is -2.52. The summed E-state index contributed by atoms with van der Waals surface area (Å²) in [6, 6.07) is 11.5. The Balaban J connectivity index is 1.44. The van der Waals surface area contributed by atoms with Crippen molar-refractivity contribution in [3.63, 3.8) is 0 Å². The van der Waals surface area contributed by atoms with E-state index in [0.717, 1.165) is 30.5 Å². The minimum Gasteiger partial charge on any atom is -0.356 e. The highest BCUT2D eigenvalue weighted by Gasteiger charge is 2.27. The molecular formula is C20H28N4. The van der Waals surface area contributed by atoms with E-state index in [4.69, 9.17) is 4.98 Å². The molecule has 4 rings (SSSR count). The average molecular weight is 324 g/mol. The molecule has 0 unspecified atom stereocenters. The maximum atomic E-state index is 4.91. The largest absolute Gasteiger partial charge is 0.356 e. The number of hydrogen-bond donors (Lipinski definition) is 0. The quantitative estimate of drug-likeness (QED) is 0.847. The van der Waals surface area contributed by atoms with Gasteiger partial charge in [-0.25, -0.2) is 4.98 Å². The summed E-state index contributed by atoms with van der Waals surface area (Å²) in [7, 11) is 2.23. The summed E-state index contributed by atoms with van der Waals surface area (Å²) < 4.78 is 0. The molecule has 2 aliphatic rings. The lowest BCUT2D eigenvalue weighted by atomic mass is 10.0. The highest BCUT2D eigenvalue weighted by Crippen LogP contribution is 2.26. The molecule has 0 saturated carbocycles. The van der Waals surface area contributed by atoms with Gasteiger partial charge in [-0.05, 0) is 44.5 Å². The molecule has 3 heterocycles. The molecule has 0 aliphatic carbocycles. The van der Waals surface area contributed by atoms with Gasteiger partial charge in [-0.2, -0.15) is 0 Å². The van der Waals surface area contributed by atoms with Crippen LogP contribution in [0, 0.1) is 6.92 Å². The highest BCUT2D eigenvalue weighted by molar-refractivity contribution is 5.83. The third kappa shape index (κ3) is 3.13. The molecule has 0 N–H and O–H groups in total. The molecule has 2 saturated heterocycles. The number of piperazine rings is 1. The first-order chi connectivity index (χ1) is 11.7. The lowest BCUT2D eigenvalue weighted by molar-refractivity contribution is 0.0981. The van der Waals surface area contributed by atoms with Crippen LogP contribution in [0.25, 0.3) is 10.9 Å². The van der Waals surface area contributed by atoms with Gasteiger partial charge in [0.25, 0.3) is 0 Å².